The SMILES string of the molecule is C#Cc1nc(C(=O)NCCc2ccc(-c3ccccc3S(=O)N(C)C)cc2)cs1. The quantitative estimate of drug-likeness (QED) is 0.593. The van der Waals surface area contributed by atoms with Crippen molar-refractivity contribution in [2.24, 2.45) is 0 Å². The zero-order valence-electron chi connectivity index (χ0n) is 16.2. The molecular formula is C22H21N3O2S2. The van der Waals surface area contributed by atoms with Gasteiger partial charge in [-0.1, -0.05) is 42.5 Å². The van der Waals surface area contributed by atoms with Crippen molar-refractivity contribution in [3.63, 3.8) is 0 Å². The van der Waals surface area contributed by atoms with Crippen LogP contribution in [0.1, 0.15) is 21.1 Å². The Labute approximate surface area is 177 Å². The molecule has 0 bridgehead atoms. The molecule has 3 rings (SSSR count). The Bertz CT molecular complexity index is 1070. The maximum Gasteiger partial charge on any atom is 0.270 e. The highest BCUT2D eigenvalue weighted by molar-refractivity contribution is 7.82. The number of nitrogens with zero attached hydrogens (tertiary/aromatic N) is 2. The summed E-state index contributed by atoms with van der Waals surface area (Å²) in [5.41, 5.74) is 3.41. The summed E-state index contributed by atoms with van der Waals surface area (Å²) in [6.45, 7) is 0.502. The predicted octanol–water partition coefficient (Wildman–Crippen LogP) is 3.35. The molecule has 0 saturated heterocycles. The molecule has 1 N–H and O–H groups in total. The third-order valence-electron chi connectivity index (χ3n) is 4.23. The fourth-order valence-corrected chi connectivity index (χ4v) is 4.32. The summed E-state index contributed by atoms with van der Waals surface area (Å²) in [6.07, 6.45) is 5.98. The van der Waals surface area contributed by atoms with E-state index in [9.17, 15) is 9.00 Å². The van der Waals surface area contributed by atoms with E-state index in [1.165, 1.54) is 11.3 Å². The summed E-state index contributed by atoms with van der Waals surface area (Å²) in [7, 11) is 2.38. The van der Waals surface area contributed by atoms with E-state index in [1.807, 2.05) is 48.5 Å². The maximum atomic E-state index is 12.5. The largest absolute Gasteiger partial charge is 0.350 e. The van der Waals surface area contributed by atoms with Crippen molar-refractivity contribution < 1.29 is 9.00 Å². The molecule has 1 heterocycles. The number of nitrogens with one attached hydrogen (secondary N) is 1. The van der Waals surface area contributed by atoms with E-state index in [0.717, 1.165) is 21.6 Å². The fourth-order valence-electron chi connectivity index (χ4n) is 2.76. The second kappa shape index (κ2) is 9.61. The number of amides is 1. The van der Waals surface area contributed by atoms with Gasteiger partial charge in [0.25, 0.3) is 5.91 Å². The Kier molecular flexibility index (Phi) is 6.94. The van der Waals surface area contributed by atoms with E-state index in [0.29, 0.717) is 23.7 Å². The highest BCUT2D eigenvalue weighted by Gasteiger charge is 2.13. The number of terminal acetylenes is 1. The van der Waals surface area contributed by atoms with Crippen molar-refractivity contribution in [2.75, 3.05) is 20.6 Å². The zero-order chi connectivity index (χ0) is 20.8. The van der Waals surface area contributed by atoms with Crippen LogP contribution in [0.4, 0.5) is 0 Å². The van der Waals surface area contributed by atoms with Crippen molar-refractivity contribution in [1.29, 1.82) is 0 Å². The van der Waals surface area contributed by atoms with Gasteiger partial charge in [-0.05, 0) is 49.2 Å². The first kappa shape index (κ1) is 20.9. The van der Waals surface area contributed by atoms with E-state index in [1.54, 1.807) is 23.8 Å². The molecule has 0 fully saturated rings. The van der Waals surface area contributed by atoms with Crippen LogP contribution in [-0.4, -0.2) is 40.0 Å². The topological polar surface area (TPSA) is 62.3 Å². The van der Waals surface area contributed by atoms with E-state index in [2.05, 4.69) is 16.2 Å². The number of carbonyl (C=O) groups is 1. The zero-order valence-corrected chi connectivity index (χ0v) is 17.8. The molecule has 5 nitrogen and oxygen atoms in total. The minimum absolute atomic E-state index is 0.223. The molecule has 1 atom stereocenters. The monoisotopic (exact) mass is 423 g/mol. The average molecular weight is 424 g/mol. The maximum absolute atomic E-state index is 12.5. The van der Waals surface area contributed by atoms with Gasteiger partial charge in [-0.2, -0.15) is 0 Å². The first-order chi connectivity index (χ1) is 14.0. The molecule has 0 radical (unpaired) electrons. The molecule has 0 aliphatic rings. The Balaban J connectivity index is 1.63. The van der Waals surface area contributed by atoms with Gasteiger partial charge in [-0.15, -0.1) is 17.8 Å². The lowest BCUT2D eigenvalue weighted by molar-refractivity contribution is 0.0950. The molecule has 2 aromatic carbocycles. The van der Waals surface area contributed by atoms with Crippen LogP contribution in [0.5, 0.6) is 0 Å². The number of benzene rings is 2. The fraction of sp³-hybridized carbons (Fsp3) is 0.182. The van der Waals surface area contributed by atoms with E-state index in [-0.39, 0.29) is 5.91 Å². The molecule has 1 unspecified atom stereocenters. The van der Waals surface area contributed by atoms with Gasteiger partial charge in [0.2, 0.25) is 0 Å². The van der Waals surface area contributed by atoms with Crippen molar-refractivity contribution in [2.45, 2.75) is 11.3 Å². The molecule has 1 amide bonds. The van der Waals surface area contributed by atoms with E-state index < -0.39 is 11.0 Å². The third-order valence-corrected chi connectivity index (χ3v) is 6.40. The molecular weight excluding hydrogens is 402 g/mol. The standard InChI is InChI=1S/C22H21N3O2S2/c1-4-21-24-19(15-28-21)22(26)23-14-13-16-9-11-17(12-10-16)18-7-5-6-8-20(18)29(27)25(2)3/h1,5-12,15H,13-14H2,2-3H3,(H,23,26). The highest BCUT2D eigenvalue weighted by Crippen LogP contribution is 2.27. The van der Waals surface area contributed by atoms with Crippen LogP contribution in [0.3, 0.4) is 0 Å². The van der Waals surface area contributed by atoms with Crippen LogP contribution < -0.4 is 5.32 Å². The van der Waals surface area contributed by atoms with Crippen LogP contribution in [0.25, 0.3) is 11.1 Å². The van der Waals surface area contributed by atoms with Gasteiger partial charge in [0.05, 0.1) is 4.90 Å². The second-order valence-corrected chi connectivity index (χ2v) is 8.97. The Morgan fingerprint density at radius 3 is 2.59 bits per heavy atom. The Morgan fingerprint density at radius 2 is 1.93 bits per heavy atom. The van der Waals surface area contributed by atoms with Crippen molar-refractivity contribution in [3.8, 4) is 23.5 Å². The predicted molar refractivity (Wildman–Crippen MR) is 118 cm³/mol. The number of hydrogen-bond donors (Lipinski definition) is 1. The molecule has 0 spiro atoms. The van der Waals surface area contributed by atoms with Gasteiger partial charge in [0.1, 0.15) is 16.7 Å². The number of hydrogen-bond acceptors (Lipinski definition) is 4. The number of aromatic nitrogens is 1. The van der Waals surface area contributed by atoms with Gasteiger partial charge in [-0.25, -0.2) is 13.5 Å². The second-order valence-electron chi connectivity index (χ2n) is 6.44. The minimum atomic E-state index is -1.21. The normalized spacial score (nSPS) is 11.8. The van der Waals surface area contributed by atoms with Gasteiger partial charge in [-0.3, -0.25) is 4.79 Å². The summed E-state index contributed by atoms with van der Waals surface area (Å²) < 4.78 is 14.2. The van der Waals surface area contributed by atoms with E-state index >= 15 is 0 Å². The van der Waals surface area contributed by atoms with Crippen molar-refractivity contribution in [3.05, 3.63) is 70.2 Å². The van der Waals surface area contributed by atoms with Crippen LogP contribution in [-0.2, 0) is 17.4 Å². The summed E-state index contributed by atoms with van der Waals surface area (Å²) >= 11 is 1.28. The number of carbonyl (C=O) groups excluding carboxylic acids is 1. The minimum Gasteiger partial charge on any atom is -0.350 e. The molecule has 7 heteroatoms. The van der Waals surface area contributed by atoms with Crippen LogP contribution in [0.2, 0.25) is 0 Å². The van der Waals surface area contributed by atoms with Crippen LogP contribution in [0.15, 0.2) is 58.8 Å². The van der Waals surface area contributed by atoms with Crippen LogP contribution >= 0.6 is 11.3 Å². The summed E-state index contributed by atoms with van der Waals surface area (Å²) in [5, 5.41) is 5.02. The summed E-state index contributed by atoms with van der Waals surface area (Å²) in [5.74, 6) is 2.20. The van der Waals surface area contributed by atoms with Gasteiger partial charge >= 0.3 is 0 Å². The molecule has 3 aromatic rings. The molecule has 148 valence electrons. The van der Waals surface area contributed by atoms with Gasteiger partial charge in [0.15, 0.2) is 5.01 Å². The molecule has 1 aromatic heterocycles. The first-order valence-electron chi connectivity index (χ1n) is 8.97. The molecule has 0 aliphatic carbocycles. The third kappa shape index (κ3) is 5.18. The van der Waals surface area contributed by atoms with Crippen molar-refractivity contribution >= 4 is 28.2 Å². The number of thiazole rings is 1. The average Bonchev–Trinajstić information content (AvgIpc) is 3.23. The smallest absolute Gasteiger partial charge is 0.270 e. The lowest BCUT2D eigenvalue weighted by Gasteiger charge is -2.14. The summed E-state index contributed by atoms with van der Waals surface area (Å²) in [4.78, 5) is 17.0. The van der Waals surface area contributed by atoms with Crippen LogP contribution in [0, 0.1) is 12.3 Å². The van der Waals surface area contributed by atoms with E-state index in [4.69, 9.17) is 6.42 Å². The van der Waals surface area contributed by atoms with Crippen molar-refractivity contribution in [1.82, 2.24) is 14.6 Å². The first-order valence-corrected chi connectivity index (χ1v) is 11.0. The Morgan fingerprint density at radius 1 is 1.21 bits per heavy atom. The Hall–Kier alpha value is -2.79. The molecule has 0 aliphatic heterocycles. The summed E-state index contributed by atoms with van der Waals surface area (Å²) in [6, 6.07) is 15.8. The molecule has 0 saturated carbocycles. The van der Waals surface area contributed by atoms with Gasteiger partial charge in [0, 0.05) is 11.9 Å². The van der Waals surface area contributed by atoms with Gasteiger partial charge < -0.3 is 5.32 Å². The lowest BCUT2D eigenvalue weighted by atomic mass is 10.0. The molecule has 29 heavy (non-hydrogen) atoms. The number of rotatable bonds is 7. The highest BCUT2D eigenvalue weighted by atomic mass is 32.2. The lowest BCUT2D eigenvalue weighted by Crippen LogP contribution is -2.25.